The Hall–Kier alpha value is -3.93. The van der Waals surface area contributed by atoms with E-state index < -0.39 is 28.0 Å². The molecule has 13 heteroatoms. The predicted octanol–water partition coefficient (Wildman–Crippen LogP) is 5.61. The molecule has 9 nitrogen and oxygen atoms in total. The lowest BCUT2D eigenvalue weighted by atomic mass is 9.81. The first-order chi connectivity index (χ1) is 16.6. The topological polar surface area (TPSA) is 122 Å². The largest absolute Gasteiger partial charge is 0.456 e. The van der Waals surface area contributed by atoms with Crippen LogP contribution in [0.25, 0.3) is 22.3 Å². The van der Waals surface area contributed by atoms with Crippen molar-refractivity contribution in [2.75, 3.05) is 5.73 Å². The quantitative estimate of drug-likeness (QED) is 0.205. The summed E-state index contributed by atoms with van der Waals surface area (Å²) in [7, 11) is 0. The van der Waals surface area contributed by atoms with Gasteiger partial charge in [-0.3, -0.25) is 19.8 Å². The molecule has 0 atom stereocenters. The molecule has 2 heterocycles. The highest BCUT2D eigenvalue weighted by Crippen LogP contribution is 2.43. The standard InChI is InChI=1S/C22H16ClF3N6O3/c23-19-18(35-13-3-14(24)21(32(33)34)15(27)4-13)2-1-16-20(19)30-17(8-28-16)12-7-29-31(10-12)9-11-5-22(25,26)6-11/h1-4,7-8,10-11H,5-6,9,27H2. The molecular weight excluding hydrogens is 489 g/mol. The molecule has 35 heavy (non-hydrogen) atoms. The van der Waals surface area contributed by atoms with Crippen LogP contribution in [0.15, 0.2) is 42.9 Å². The molecule has 0 amide bonds. The molecule has 0 spiro atoms. The summed E-state index contributed by atoms with van der Waals surface area (Å²) in [6, 6.07) is 5.05. The van der Waals surface area contributed by atoms with Gasteiger partial charge in [0.1, 0.15) is 27.7 Å². The highest BCUT2D eigenvalue weighted by Gasteiger charge is 2.45. The molecule has 2 aromatic heterocycles. The molecular formula is C22H16ClF3N6O3. The first-order valence-electron chi connectivity index (χ1n) is 10.4. The Morgan fingerprint density at radius 2 is 2.06 bits per heavy atom. The van der Waals surface area contributed by atoms with Crippen LogP contribution in [0.3, 0.4) is 0 Å². The highest BCUT2D eigenvalue weighted by molar-refractivity contribution is 6.36. The molecule has 5 rings (SSSR count). The number of nitro groups is 1. The van der Waals surface area contributed by atoms with E-state index >= 15 is 0 Å². The number of hydrogen-bond donors (Lipinski definition) is 1. The summed E-state index contributed by atoms with van der Waals surface area (Å²) in [6.45, 7) is 0.379. The Kier molecular flexibility index (Phi) is 5.47. The fraction of sp³-hybridized carbons (Fsp3) is 0.227. The Labute approximate surface area is 200 Å². The van der Waals surface area contributed by atoms with Gasteiger partial charge in [-0.25, -0.2) is 13.8 Å². The number of benzene rings is 2. The number of anilines is 1. The van der Waals surface area contributed by atoms with Gasteiger partial charge >= 0.3 is 5.69 Å². The number of nitrogens with zero attached hydrogens (tertiary/aromatic N) is 5. The van der Waals surface area contributed by atoms with Crippen molar-refractivity contribution < 1.29 is 22.8 Å². The zero-order valence-electron chi connectivity index (χ0n) is 17.8. The fourth-order valence-corrected chi connectivity index (χ4v) is 4.23. The minimum atomic E-state index is -2.59. The van der Waals surface area contributed by atoms with Crippen molar-refractivity contribution in [3.8, 4) is 22.8 Å². The van der Waals surface area contributed by atoms with Gasteiger partial charge in [0.15, 0.2) is 0 Å². The van der Waals surface area contributed by atoms with Crippen LogP contribution in [0, 0.1) is 21.8 Å². The summed E-state index contributed by atoms with van der Waals surface area (Å²) in [5.74, 6) is -3.84. The third kappa shape index (κ3) is 4.44. The van der Waals surface area contributed by atoms with Gasteiger partial charge in [-0.15, -0.1) is 0 Å². The van der Waals surface area contributed by atoms with Crippen LogP contribution in [0.4, 0.5) is 24.5 Å². The highest BCUT2D eigenvalue weighted by atomic mass is 35.5. The van der Waals surface area contributed by atoms with E-state index in [-0.39, 0.29) is 35.3 Å². The molecule has 1 fully saturated rings. The number of nitrogen functional groups attached to an aromatic ring is 1. The van der Waals surface area contributed by atoms with E-state index in [1.165, 1.54) is 12.3 Å². The third-order valence-electron chi connectivity index (χ3n) is 5.64. The van der Waals surface area contributed by atoms with Crippen molar-refractivity contribution in [1.29, 1.82) is 0 Å². The lowest BCUT2D eigenvalue weighted by molar-refractivity contribution is -0.386. The molecule has 180 valence electrons. The van der Waals surface area contributed by atoms with Gasteiger partial charge in [0.05, 0.1) is 28.5 Å². The van der Waals surface area contributed by atoms with E-state index in [4.69, 9.17) is 22.1 Å². The predicted molar refractivity (Wildman–Crippen MR) is 121 cm³/mol. The summed E-state index contributed by atoms with van der Waals surface area (Å²) in [5, 5.41) is 15.2. The van der Waals surface area contributed by atoms with E-state index in [0.29, 0.717) is 28.8 Å². The van der Waals surface area contributed by atoms with Crippen LogP contribution in [-0.2, 0) is 6.54 Å². The third-order valence-corrected chi connectivity index (χ3v) is 6.01. The summed E-state index contributed by atoms with van der Waals surface area (Å²) < 4.78 is 47.5. The smallest absolute Gasteiger partial charge is 0.327 e. The van der Waals surface area contributed by atoms with Crippen molar-refractivity contribution >= 4 is 34.0 Å². The van der Waals surface area contributed by atoms with Crippen LogP contribution in [0.1, 0.15) is 12.8 Å². The maximum Gasteiger partial charge on any atom is 0.327 e. The Balaban J connectivity index is 1.41. The van der Waals surface area contributed by atoms with Crippen molar-refractivity contribution in [2.24, 2.45) is 5.92 Å². The molecule has 1 aliphatic carbocycles. The van der Waals surface area contributed by atoms with E-state index in [0.717, 1.165) is 12.1 Å². The maximum absolute atomic E-state index is 14.1. The lowest BCUT2D eigenvalue weighted by Crippen LogP contribution is -2.37. The van der Waals surface area contributed by atoms with E-state index in [9.17, 15) is 23.3 Å². The first-order valence-corrected chi connectivity index (χ1v) is 10.7. The second-order valence-electron chi connectivity index (χ2n) is 8.28. The van der Waals surface area contributed by atoms with Gasteiger partial charge in [0.2, 0.25) is 11.7 Å². The molecule has 1 saturated carbocycles. The van der Waals surface area contributed by atoms with Gasteiger partial charge in [-0.1, -0.05) is 11.6 Å². The molecule has 4 aromatic rings. The Morgan fingerprint density at radius 1 is 1.29 bits per heavy atom. The second-order valence-corrected chi connectivity index (χ2v) is 8.66. The Morgan fingerprint density at radius 3 is 2.74 bits per heavy atom. The number of hydrogen-bond acceptors (Lipinski definition) is 7. The molecule has 0 bridgehead atoms. The SMILES string of the molecule is Nc1cc(Oc2ccc3ncc(-c4cnn(CC5CC(F)(F)C5)c4)nc3c2Cl)cc(F)c1[N+](=O)[O-]. The number of fused-ring (bicyclic) bond motifs is 1. The van der Waals surface area contributed by atoms with Crippen LogP contribution in [0.2, 0.25) is 5.02 Å². The Bertz CT molecular complexity index is 1450. The average Bonchev–Trinajstić information content (AvgIpc) is 3.22. The van der Waals surface area contributed by atoms with Crippen molar-refractivity contribution in [1.82, 2.24) is 19.7 Å². The van der Waals surface area contributed by atoms with Gasteiger partial charge in [0.25, 0.3) is 0 Å². The van der Waals surface area contributed by atoms with E-state index in [1.54, 1.807) is 23.1 Å². The zero-order valence-corrected chi connectivity index (χ0v) is 18.5. The molecule has 1 aliphatic rings. The summed E-state index contributed by atoms with van der Waals surface area (Å²) in [5.41, 5.74) is 6.18. The van der Waals surface area contributed by atoms with Crippen LogP contribution < -0.4 is 10.5 Å². The lowest BCUT2D eigenvalue weighted by Gasteiger charge is -2.34. The number of halogens is 4. The minimum absolute atomic E-state index is 0.0817. The van der Waals surface area contributed by atoms with E-state index in [2.05, 4.69) is 15.1 Å². The van der Waals surface area contributed by atoms with Crippen molar-refractivity contribution in [3.05, 3.63) is 63.8 Å². The summed E-state index contributed by atoms with van der Waals surface area (Å²) >= 11 is 6.49. The fourth-order valence-electron chi connectivity index (χ4n) is 3.99. The number of aromatic nitrogens is 4. The number of ether oxygens (including phenoxy) is 1. The molecule has 0 unspecified atom stereocenters. The summed E-state index contributed by atoms with van der Waals surface area (Å²) in [6.07, 6.45) is 4.48. The molecule has 0 saturated heterocycles. The zero-order chi connectivity index (χ0) is 24.9. The number of nitro benzene ring substituents is 1. The summed E-state index contributed by atoms with van der Waals surface area (Å²) in [4.78, 5) is 18.9. The maximum atomic E-state index is 14.1. The van der Waals surface area contributed by atoms with Crippen molar-refractivity contribution in [3.63, 3.8) is 0 Å². The molecule has 0 aliphatic heterocycles. The molecule has 2 N–H and O–H groups in total. The van der Waals surface area contributed by atoms with Gasteiger partial charge in [-0.2, -0.15) is 9.49 Å². The monoisotopic (exact) mass is 504 g/mol. The molecule has 0 radical (unpaired) electrons. The number of alkyl halides is 2. The van der Waals surface area contributed by atoms with Crippen molar-refractivity contribution in [2.45, 2.75) is 25.3 Å². The number of rotatable bonds is 6. The van der Waals surface area contributed by atoms with Crippen LogP contribution in [-0.4, -0.2) is 30.6 Å². The number of nitrogens with two attached hydrogens (primary N) is 1. The van der Waals surface area contributed by atoms with Gasteiger partial charge < -0.3 is 10.5 Å². The van der Waals surface area contributed by atoms with E-state index in [1.807, 2.05) is 0 Å². The molecule has 2 aromatic carbocycles. The normalized spacial score (nSPS) is 15.2. The van der Waals surface area contributed by atoms with Gasteiger partial charge in [0, 0.05) is 43.3 Å². The average molecular weight is 505 g/mol. The van der Waals surface area contributed by atoms with Crippen LogP contribution in [0.5, 0.6) is 11.5 Å². The second kappa shape index (κ2) is 8.38. The van der Waals surface area contributed by atoms with Gasteiger partial charge in [-0.05, 0) is 18.1 Å². The minimum Gasteiger partial charge on any atom is -0.456 e. The first kappa shape index (κ1) is 22.8. The van der Waals surface area contributed by atoms with Crippen LogP contribution >= 0.6 is 11.6 Å².